The van der Waals surface area contributed by atoms with Crippen molar-refractivity contribution >= 4 is 12.3 Å². The maximum atomic E-state index is 10.9. The quantitative estimate of drug-likeness (QED) is 0.441. The smallest absolute Gasteiger partial charge is 0.396 e. The van der Waals surface area contributed by atoms with Gasteiger partial charge in [0.15, 0.2) is 5.76 Å². The molecule has 0 aromatic carbocycles. The number of hydrogen-bond acceptors (Lipinski definition) is 5. The van der Waals surface area contributed by atoms with E-state index in [9.17, 15) is 9.59 Å². The van der Waals surface area contributed by atoms with Gasteiger partial charge in [0.1, 0.15) is 5.76 Å². The van der Waals surface area contributed by atoms with E-state index < -0.39 is 12.3 Å². The Kier molecular flexibility index (Phi) is 2.15. The third-order valence-corrected chi connectivity index (χ3v) is 2.33. The molecule has 0 saturated carbocycles. The van der Waals surface area contributed by atoms with Gasteiger partial charge in [-0.1, -0.05) is 6.92 Å². The first-order valence-corrected chi connectivity index (χ1v) is 4.51. The second-order valence-electron chi connectivity index (χ2n) is 3.39. The van der Waals surface area contributed by atoms with Crippen molar-refractivity contribution in [3.63, 3.8) is 0 Å². The van der Waals surface area contributed by atoms with E-state index in [1.165, 1.54) is 0 Å². The molecule has 1 aliphatic carbocycles. The molecule has 76 valence electrons. The molecule has 0 fully saturated rings. The number of carbonyl (C=O) groups is 2. The van der Waals surface area contributed by atoms with Crippen LogP contribution in [0.5, 0.6) is 0 Å². The number of ether oxygens (including phenoxy) is 3. The Morgan fingerprint density at radius 1 is 1.14 bits per heavy atom. The number of cyclic esters (lactones) is 2. The van der Waals surface area contributed by atoms with E-state index in [1.807, 2.05) is 6.92 Å². The fourth-order valence-corrected chi connectivity index (χ4v) is 1.66. The molecule has 5 heteroatoms. The lowest BCUT2D eigenvalue weighted by Crippen LogP contribution is -2.13. The van der Waals surface area contributed by atoms with Crippen molar-refractivity contribution in [1.82, 2.24) is 0 Å². The van der Waals surface area contributed by atoms with E-state index in [0.717, 1.165) is 12.8 Å². The molecule has 1 unspecified atom stereocenters. The molecule has 2 aliphatic rings. The summed E-state index contributed by atoms with van der Waals surface area (Å²) in [6.45, 7) is 1.92. The number of hydrogen-bond donors (Lipinski definition) is 0. The minimum atomic E-state index is -1.01. The number of rotatable bonds is 0. The van der Waals surface area contributed by atoms with Crippen LogP contribution in [0.25, 0.3) is 0 Å². The van der Waals surface area contributed by atoms with Crippen LogP contribution < -0.4 is 0 Å². The second-order valence-corrected chi connectivity index (χ2v) is 3.39. The maximum absolute atomic E-state index is 10.9. The monoisotopic (exact) mass is 198 g/mol. The Balaban J connectivity index is 2.31. The average molecular weight is 198 g/mol. The lowest BCUT2D eigenvalue weighted by Gasteiger charge is -2.20. The molecule has 0 radical (unpaired) electrons. The van der Waals surface area contributed by atoms with Gasteiger partial charge in [0.05, 0.1) is 0 Å². The summed E-state index contributed by atoms with van der Waals surface area (Å²) in [5.41, 5.74) is 0. The summed E-state index contributed by atoms with van der Waals surface area (Å²) in [7, 11) is 0. The van der Waals surface area contributed by atoms with Crippen LogP contribution in [0, 0.1) is 5.92 Å². The highest BCUT2D eigenvalue weighted by Crippen LogP contribution is 2.33. The summed E-state index contributed by atoms with van der Waals surface area (Å²) in [4.78, 5) is 21.8. The van der Waals surface area contributed by atoms with Crippen molar-refractivity contribution in [3.05, 3.63) is 11.5 Å². The Labute approximate surface area is 80.6 Å². The SMILES string of the molecule is CC1CCCC2=C1OC(=O)OC(=O)O2. The fraction of sp³-hybridized carbons (Fsp3) is 0.556. The number of carbonyl (C=O) groups excluding carboxylic acids is 2. The second kappa shape index (κ2) is 3.32. The third kappa shape index (κ3) is 1.57. The van der Waals surface area contributed by atoms with Gasteiger partial charge in [-0.25, -0.2) is 9.59 Å². The molecule has 1 atom stereocenters. The van der Waals surface area contributed by atoms with Gasteiger partial charge in [0, 0.05) is 12.3 Å². The van der Waals surface area contributed by atoms with Crippen LogP contribution in [0.1, 0.15) is 26.2 Å². The van der Waals surface area contributed by atoms with Crippen LogP contribution in [-0.2, 0) is 14.2 Å². The predicted octanol–water partition coefficient (Wildman–Crippen LogP) is 2.32. The maximum Gasteiger partial charge on any atom is 0.523 e. The normalized spacial score (nSPS) is 27.1. The van der Waals surface area contributed by atoms with Crippen LogP contribution in [0.4, 0.5) is 9.59 Å². The van der Waals surface area contributed by atoms with Gasteiger partial charge in [-0.15, -0.1) is 0 Å². The molecule has 0 bridgehead atoms. The van der Waals surface area contributed by atoms with Gasteiger partial charge in [0.25, 0.3) is 0 Å². The zero-order valence-corrected chi connectivity index (χ0v) is 7.74. The molecule has 0 aromatic heterocycles. The molecule has 0 spiro atoms. The molecule has 0 N–H and O–H groups in total. The molecule has 2 rings (SSSR count). The zero-order chi connectivity index (χ0) is 10.1. The Hall–Kier alpha value is -1.52. The molecular formula is C9H10O5. The van der Waals surface area contributed by atoms with Gasteiger partial charge in [-0.05, 0) is 12.8 Å². The Bertz CT molecular complexity index is 317. The van der Waals surface area contributed by atoms with Gasteiger partial charge in [0.2, 0.25) is 0 Å². The largest absolute Gasteiger partial charge is 0.523 e. The highest BCUT2D eigenvalue weighted by molar-refractivity contribution is 5.79. The van der Waals surface area contributed by atoms with Gasteiger partial charge in [-0.3, -0.25) is 0 Å². The topological polar surface area (TPSA) is 61.8 Å². The summed E-state index contributed by atoms with van der Waals surface area (Å²) in [6.07, 6.45) is 0.444. The molecule has 14 heavy (non-hydrogen) atoms. The standard InChI is InChI=1S/C9H10O5/c1-5-3-2-4-6-7(5)13-9(11)14-8(10)12-6/h5H,2-4H2,1H3. The van der Waals surface area contributed by atoms with Crippen molar-refractivity contribution < 1.29 is 23.8 Å². The van der Waals surface area contributed by atoms with Crippen molar-refractivity contribution in [1.29, 1.82) is 0 Å². The first-order valence-electron chi connectivity index (χ1n) is 4.51. The Morgan fingerprint density at radius 3 is 2.64 bits per heavy atom. The average Bonchev–Trinajstić information content (AvgIpc) is 2.23. The van der Waals surface area contributed by atoms with Crippen LogP contribution in [0.15, 0.2) is 11.5 Å². The highest BCUT2D eigenvalue weighted by Gasteiger charge is 2.31. The summed E-state index contributed by atoms with van der Waals surface area (Å²) < 4.78 is 13.9. The summed E-state index contributed by atoms with van der Waals surface area (Å²) in [5, 5.41) is 0. The third-order valence-electron chi connectivity index (χ3n) is 2.33. The molecule has 1 heterocycles. The van der Waals surface area contributed by atoms with Crippen LogP contribution in [0.2, 0.25) is 0 Å². The molecule has 0 aromatic rings. The van der Waals surface area contributed by atoms with E-state index in [4.69, 9.17) is 9.47 Å². The minimum absolute atomic E-state index is 0.0946. The van der Waals surface area contributed by atoms with E-state index in [0.29, 0.717) is 17.9 Å². The van der Waals surface area contributed by atoms with Crippen molar-refractivity contribution in [3.8, 4) is 0 Å². The van der Waals surface area contributed by atoms with E-state index in [1.54, 1.807) is 0 Å². The van der Waals surface area contributed by atoms with E-state index in [2.05, 4.69) is 4.74 Å². The van der Waals surface area contributed by atoms with E-state index in [-0.39, 0.29) is 5.92 Å². The van der Waals surface area contributed by atoms with E-state index >= 15 is 0 Å². The van der Waals surface area contributed by atoms with Crippen molar-refractivity contribution in [2.45, 2.75) is 26.2 Å². The zero-order valence-electron chi connectivity index (χ0n) is 7.74. The van der Waals surface area contributed by atoms with Crippen LogP contribution in [0.3, 0.4) is 0 Å². The predicted molar refractivity (Wildman–Crippen MR) is 44.1 cm³/mol. The van der Waals surface area contributed by atoms with Gasteiger partial charge < -0.3 is 14.2 Å². The minimum Gasteiger partial charge on any atom is -0.396 e. The summed E-state index contributed by atoms with van der Waals surface area (Å²) in [5.74, 6) is 0.962. The van der Waals surface area contributed by atoms with Gasteiger partial charge >= 0.3 is 12.3 Å². The molecule has 1 aliphatic heterocycles. The summed E-state index contributed by atoms with van der Waals surface area (Å²) >= 11 is 0. The van der Waals surface area contributed by atoms with Crippen LogP contribution >= 0.6 is 0 Å². The first-order chi connectivity index (χ1) is 6.66. The molecule has 0 saturated heterocycles. The van der Waals surface area contributed by atoms with Gasteiger partial charge in [-0.2, -0.15) is 0 Å². The Morgan fingerprint density at radius 2 is 1.86 bits per heavy atom. The number of allylic oxidation sites excluding steroid dienone is 2. The fourth-order valence-electron chi connectivity index (χ4n) is 1.66. The van der Waals surface area contributed by atoms with Crippen molar-refractivity contribution in [2.75, 3.05) is 0 Å². The van der Waals surface area contributed by atoms with Crippen molar-refractivity contribution in [2.24, 2.45) is 5.92 Å². The van der Waals surface area contributed by atoms with Crippen LogP contribution in [-0.4, -0.2) is 12.3 Å². The lowest BCUT2D eigenvalue weighted by molar-refractivity contribution is 0.0767. The molecular weight excluding hydrogens is 188 g/mol. The lowest BCUT2D eigenvalue weighted by atomic mass is 9.94. The molecule has 5 nitrogen and oxygen atoms in total. The first kappa shape index (κ1) is 9.05. The summed E-state index contributed by atoms with van der Waals surface area (Å²) in [6, 6.07) is 0. The highest BCUT2D eigenvalue weighted by atomic mass is 16.8. The molecule has 0 amide bonds.